The average Bonchev–Trinajstić information content (AvgIpc) is 2.30. The lowest BCUT2D eigenvalue weighted by molar-refractivity contribution is 0.291. The van der Waals surface area contributed by atoms with Crippen molar-refractivity contribution in [2.75, 3.05) is 13.6 Å². The van der Waals surface area contributed by atoms with E-state index in [-0.39, 0.29) is 5.92 Å². The van der Waals surface area contributed by atoms with Crippen molar-refractivity contribution in [1.29, 1.82) is 5.26 Å². The molecule has 2 nitrogen and oxygen atoms in total. The summed E-state index contributed by atoms with van der Waals surface area (Å²) >= 11 is 0. The first-order valence-electron chi connectivity index (χ1n) is 6.62. The lowest BCUT2D eigenvalue weighted by atomic mass is 9.99. The van der Waals surface area contributed by atoms with Gasteiger partial charge >= 0.3 is 0 Å². The molecule has 0 bridgehead atoms. The first-order valence-corrected chi connectivity index (χ1v) is 6.62. The van der Waals surface area contributed by atoms with Crippen LogP contribution in [0.25, 0.3) is 0 Å². The fourth-order valence-corrected chi connectivity index (χ4v) is 2.43. The van der Waals surface area contributed by atoms with Crippen LogP contribution >= 0.6 is 0 Å². The molecule has 2 heteroatoms. The maximum atomic E-state index is 9.01. The summed E-state index contributed by atoms with van der Waals surface area (Å²) < 4.78 is 0. The molecule has 1 rings (SSSR count). The zero-order valence-corrected chi connectivity index (χ0v) is 12.2. The van der Waals surface area contributed by atoms with Crippen LogP contribution in [0.2, 0.25) is 0 Å². The molecule has 98 valence electrons. The van der Waals surface area contributed by atoms with Crippen molar-refractivity contribution >= 4 is 0 Å². The molecule has 0 radical (unpaired) electrons. The summed E-state index contributed by atoms with van der Waals surface area (Å²) in [5.74, 6) is 0.140. The molecule has 0 saturated carbocycles. The van der Waals surface area contributed by atoms with Crippen molar-refractivity contribution in [1.82, 2.24) is 4.90 Å². The topological polar surface area (TPSA) is 27.0 Å². The summed E-state index contributed by atoms with van der Waals surface area (Å²) in [5.41, 5.74) is 5.42. The number of nitriles is 1. The molecule has 0 spiro atoms. The minimum absolute atomic E-state index is 0.140. The van der Waals surface area contributed by atoms with Gasteiger partial charge in [0.2, 0.25) is 0 Å². The van der Waals surface area contributed by atoms with Gasteiger partial charge in [-0.15, -0.1) is 0 Å². The molecule has 0 aliphatic rings. The normalized spacial score (nSPS) is 12.5. The third-order valence-electron chi connectivity index (χ3n) is 3.48. The van der Waals surface area contributed by atoms with Crippen LogP contribution in [-0.4, -0.2) is 18.5 Å². The number of benzene rings is 1. The van der Waals surface area contributed by atoms with Gasteiger partial charge in [-0.1, -0.05) is 24.6 Å². The maximum absolute atomic E-state index is 9.01. The number of hydrogen-bond donors (Lipinski definition) is 0. The Bertz CT molecular complexity index is 420. The predicted molar refractivity (Wildman–Crippen MR) is 76.4 cm³/mol. The van der Waals surface area contributed by atoms with Gasteiger partial charge < -0.3 is 4.90 Å². The Kier molecular flexibility index (Phi) is 5.37. The van der Waals surface area contributed by atoms with Crippen LogP contribution in [0, 0.1) is 38.0 Å². The SMILES string of the molecule is CCC(C#N)CN(C)Cc1c(C)cc(C)cc1C. The van der Waals surface area contributed by atoms with Gasteiger partial charge in [-0.3, -0.25) is 0 Å². The highest BCUT2D eigenvalue weighted by Crippen LogP contribution is 2.18. The second kappa shape index (κ2) is 6.56. The van der Waals surface area contributed by atoms with E-state index in [1.54, 1.807) is 0 Å². The Morgan fingerprint density at radius 2 is 1.78 bits per heavy atom. The minimum atomic E-state index is 0.140. The van der Waals surface area contributed by atoms with Crippen molar-refractivity contribution in [2.24, 2.45) is 5.92 Å². The van der Waals surface area contributed by atoms with Gasteiger partial charge in [-0.25, -0.2) is 0 Å². The summed E-state index contributed by atoms with van der Waals surface area (Å²) in [6.07, 6.45) is 0.923. The Morgan fingerprint density at radius 3 is 2.22 bits per heavy atom. The van der Waals surface area contributed by atoms with Gasteiger partial charge in [-0.2, -0.15) is 5.26 Å². The van der Waals surface area contributed by atoms with Crippen LogP contribution in [0.5, 0.6) is 0 Å². The molecule has 0 saturated heterocycles. The van der Waals surface area contributed by atoms with E-state index >= 15 is 0 Å². The molecule has 0 aromatic heterocycles. The highest BCUT2D eigenvalue weighted by molar-refractivity contribution is 5.37. The van der Waals surface area contributed by atoms with Gasteiger partial charge in [0.1, 0.15) is 0 Å². The van der Waals surface area contributed by atoms with Crippen molar-refractivity contribution < 1.29 is 0 Å². The van der Waals surface area contributed by atoms with Crippen molar-refractivity contribution in [3.63, 3.8) is 0 Å². The van der Waals surface area contributed by atoms with E-state index in [1.807, 2.05) is 0 Å². The van der Waals surface area contributed by atoms with E-state index in [4.69, 9.17) is 5.26 Å². The Morgan fingerprint density at radius 1 is 1.22 bits per heavy atom. The molecular formula is C16H24N2. The Hall–Kier alpha value is -1.33. The Labute approximate surface area is 111 Å². The van der Waals surface area contributed by atoms with E-state index in [0.29, 0.717) is 0 Å². The van der Waals surface area contributed by atoms with Gasteiger partial charge in [-0.05, 0) is 50.9 Å². The first kappa shape index (κ1) is 14.7. The molecule has 0 N–H and O–H groups in total. The summed E-state index contributed by atoms with van der Waals surface area (Å²) in [5, 5.41) is 9.01. The second-order valence-electron chi connectivity index (χ2n) is 5.31. The molecule has 1 atom stereocenters. The monoisotopic (exact) mass is 244 g/mol. The average molecular weight is 244 g/mol. The smallest absolute Gasteiger partial charge is 0.0669 e. The zero-order valence-electron chi connectivity index (χ0n) is 12.2. The zero-order chi connectivity index (χ0) is 13.7. The van der Waals surface area contributed by atoms with E-state index < -0.39 is 0 Å². The van der Waals surface area contributed by atoms with Crippen LogP contribution in [0.4, 0.5) is 0 Å². The highest BCUT2D eigenvalue weighted by atomic mass is 15.1. The summed E-state index contributed by atoms with van der Waals surface area (Å²) in [4.78, 5) is 2.25. The lowest BCUT2D eigenvalue weighted by Crippen LogP contribution is -2.25. The Balaban J connectivity index is 2.76. The number of rotatable bonds is 5. The molecule has 0 aliphatic heterocycles. The van der Waals surface area contributed by atoms with Gasteiger partial charge in [0.15, 0.2) is 0 Å². The van der Waals surface area contributed by atoms with Crippen LogP contribution in [0.15, 0.2) is 12.1 Å². The first-order chi connectivity index (χ1) is 8.47. The van der Waals surface area contributed by atoms with Gasteiger partial charge in [0.25, 0.3) is 0 Å². The molecule has 1 unspecified atom stereocenters. The fraction of sp³-hybridized carbons (Fsp3) is 0.562. The summed E-state index contributed by atoms with van der Waals surface area (Å²) in [7, 11) is 2.10. The number of nitrogens with zero attached hydrogens (tertiary/aromatic N) is 2. The molecule has 18 heavy (non-hydrogen) atoms. The highest BCUT2D eigenvalue weighted by Gasteiger charge is 2.11. The van der Waals surface area contributed by atoms with Gasteiger partial charge in [0.05, 0.1) is 12.0 Å². The quantitative estimate of drug-likeness (QED) is 0.791. The van der Waals surface area contributed by atoms with Gasteiger partial charge in [0, 0.05) is 13.1 Å². The predicted octanol–water partition coefficient (Wildman–Crippen LogP) is 3.59. The molecule has 0 amide bonds. The maximum Gasteiger partial charge on any atom is 0.0669 e. The standard InChI is InChI=1S/C16H24N2/c1-6-15(9-17)10-18(5)11-16-13(3)7-12(2)8-14(16)4/h7-8,15H,6,10-11H2,1-5H3. The van der Waals surface area contributed by atoms with Crippen molar-refractivity contribution in [3.8, 4) is 6.07 Å². The van der Waals surface area contributed by atoms with Crippen LogP contribution in [0.3, 0.4) is 0 Å². The van der Waals surface area contributed by atoms with E-state index in [2.05, 4.69) is 57.8 Å². The molecular weight excluding hydrogens is 220 g/mol. The largest absolute Gasteiger partial charge is 0.301 e. The number of hydrogen-bond acceptors (Lipinski definition) is 2. The van der Waals surface area contributed by atoms with Crippen LogP contribution in [-0.2, 0) is 6.54 Å². The summed E-state index contributed by atoms with van der Waals surface area (Å²) in [6, 6.07) is 6.83. The van der Waals surface area contributed by atoms with E-state index in [9.17, 15) is 0 Å². The molecule has 0 aliphatic carbocycles. The third-order valence-corrected chi connectivity index (χ3v) is 3.48. The van der Waals surface area contributed by atoms with Crippen LogP contribution in [0.1, 0.15) is 35.6 Å². The van der Waals surface area contributed by atoms with E-state index in [0.717, 1.165) is 19.5 Å². The van der Waals surface area contributed by atoms with E-state index in [1.165, 1.54) is 22.3 Å². The van der Waals surface area contributed by atoms with Crippen molar-refractivity contribution in [3.05, 3.63) is 34.4 Å². The third kappa shape index (κ3) is 3.85. The molecule has 0 fully saturated rings. The number of aryl methyl sites for hydroxylation is 3. The molecule has 1 aromatic carbocycles. The minimum Gasteiger partial charge on any atom is -0.301 e. The molecule has 1 aromatic rings. The summed E-state index contributed by atoms with van der Waals surface area (Å²) in [6.45, 7) is 10.3. The van der Waals surface area contributed by atoms with Crippen molar-refractivity contribution in [2.45, 2.75) is 40.7 Å². The lowest BCUT2D eigenvalue weighted by Gasteiger charge is -2.21. The fourth-order valence-electron chi connectivity index (χ4n) is 2.43. The van der Waals surface area contributed by atoms with Crippen LogP contribution < -0.4 is 0 Å². The molecule has 0 heterocycles. The second-order valence-corrected chi connectivity index (χ2v) is 5.31.